The minimum absolute atomic E-state index is 0.842. The van der Waals surface area contributed by atoms with Crippen molar-refractivity contribution < 1.29 is 4.84 Å². The Bertz CT molecular complexity index is 149. The third kappa shape index (κ3) is 2.22. The van der Waals surface area contributed by atoms with Crippen LogP contribution in [0, 0.1) is 0 Å². The van der Waals surface area contributed by atoms with Gasteiger partial charge in [-0.2, -0.15) is 5.06 Å². The maximum absolute atomic E-state index is 5.22. The molecule has 2 fully saturated rings. The van der Waals surface area contributed by atoms with Crippen molar-refractivity contribution in [1.29, 1.82) is 0 Å². The standard InChI is InChI=1S/C10H20N2O/c1-13-12-8-4-10(5-9-12)11-6-2-3-7-11/h10H,2-9H2,1H3. The molecule has 3 nitrogen and oxygen atoms in total. The summed E-state index contributed by atoms with van der Waals surface area (Å²) in [6, 6.07) is 0.842. The predicted molar refractivity (Wildman–Crippen MR) is 52.4 cm³/mol. The summed E-state index contributed by atoms with van der Waals surface area (Å²) in [5.74, 6) is 0. The van der Waals surface area contributed by atoms with Gasteiger partial charge in [0, 0.05) is 19.1 Å². The van der Waals surface area contributed by atoms with Crippen molar-refractivity contribution in [2.75, 3.05) is 33.3 Å². The summed E-state index contributed by atoms with van der Waals surface area (Å²) in [6.07, 6.45) is 5.39. The quantitative estimate of drug-likeness (QED) is 0.639. The van der Waals surface area contributed by atoms with Crippen LogP contribution < -0.4 is 0 Å². The van der Waals surface area contributed by atoms with Gasteiger partial charge in [0.25, 0.3) is 0 Å². The molecule has 0 spiro atoms. The number of likely N-dealkylation sites (tertiary alicyclic amines) is 1. The van der Waals surface area contributed by atoms with Crippen LogP contribution >= 0.6 is 0 Å². The maximum atomic E-state index is 5.22. The van der Waals surface area contributed by atoms with Crippen LogP contribution in [0.3, 0.4) is 0 Å². The molecule has 0 aromatic rings. The molecule has 0 aromatic carbocycles. The van der Waals surface area contributed by atoms with Crippen LogP contribution in [-0.2, 0) is 4.84 Å². The van der Waals surface area contributed by atoms with Crippen LogP contribution in [0.25, 0.3) is 0 Å². The summed E-state index contributed by atoms with van der Waals surface area (Å²) in [5, 5.41) is 2.08. The molecule has 2 aliphatic heterocycles. The van der Waals surface area contributed by atoms with Gasteiger partial charge in [-0.05, 0) is 38.8 Å². The summed E-state index contributed by atoms with van der Waals surface area (Å²) < 4.78 is 0. The number of piperidine rings is 1. The fourth-order valence-corrected chi connectivity index (χ4v) is 2.50. The van der Waals surface area contributed by atoms with Crippen molar-refractivity contribution in [2.24, 2.45) is 0 Å². The molecule has 2 rings (SSSR count). The monoisotopic (exact) mass is 184 g/mol. The lowest BCUT2D eigenvalue weighted by atomic mass is 10.1. The SMILES string of the molecule is CON1CCC(N2CCCC2)CC1. The van der Waals surface area contributed by atoms with Gasteiger partial charge in [0.2, 0.25) is 0 Å². The van der Waals surface area contributed by atoms with Crippen molar-refractivity contribution in [3.63, 3.8) is 0 Å². The first-order valence-corrected chi connectivity index (χ1v) is 5.43. The zero-order valence-corrected chi connectivity index (χ0v) is 8.54. The van der Waals surface area contributed by atoms with Gasteiger partial charge >= 0.3 is 0 Å². The molecule has 76 valence electrons. The molecule has 2 aliphatic rings. The second-order valence-corrected chi connectivity index (χ2v) is 4.09. The van der Waals surface area contributed by atoms with E-state index >= 15 is 0 Å². The van der Waals surface area contributed by atoms with E-state index in [-0.39, 0.29) is 0 Å². The zero-order valence-electron chi connectivity index (χ0n) is 8.54. The van der Waals surface area contributed by atoms with Crippen LogP contribution in [0.4, 0.5) is 0 Å². The predicted octanol–water partition coefficient (Wildman–Crippen LogP) is 1.11. The summed E-state index contributed by atoms with van der Waals surface area (Å²) in [4.78, 5) is 7.88. The molecule has 0 amide bonds. The maximum Gasteiger partial charge on any atom is 0.0575 e. The highest BCUT2D eigenvalue weighted by molar-refractivity contribution is 4.80. The van der Waals surface area contributed by atoms with Gasteiger partial charge in [0.1, 0.15) is 0 Å². The van der Waals surface area contributed by atoms with E-state index in [1.165, 1.54) is 38.8 Å². The minimum Gasteiger partial charge on any atom is -0.302 e. The number of rotatable bonds is 2. The van der Waals surface area contributed by atoms with Gasteiger partial charge in [-0.1, -0.05) is 0 Å². The van der Waals surface area contributed by atoms with Crippen molar-refractivity contribution in [1.82, 2.24) is 9.96 Å². The zero-order chi connectivity index (χ0) is 9.10. The lowest BCUT2D eigenvalue weighted by Gasteiger charge is -2.35. The van der Waals surface area contributed by atoms with Gasteiger partial charge in [-0.15, -0.1) is 0 Å². The molecule has 0 unspecified atom stereocenters. The fourth-order valence-electron chi connectivity index (χ4n) is 2.50. The molecule has 0 aromatic heterocycles. The normalized spacial score (nSPS) is 28.4. The Labute approximate surface area is 80.6 Å². The van der Waals surface area contributed by atoms with Crippen LogP contribution in [0.5, 0.6) is 0 Å². The minimum atomic E-state index is 0.842. The van der Waals surface area contributed by atoms with Crippen molar-refractivity contribution in [2.45, 2.75) is 31.7 Å². The Kier molecular flexibility index (Phi) is 3.19. The molecule has 2 saturated heterocycles. The van der Waals surface area contributed by atoms with E-state index < -0.39 is 0 Å². The summed E-state index contributed by atoms with van der Waals surface area (Å²) in [6.45, 7) is 4.88. The second-order valence-electron chi connectivity index (χ2n) is 4.09. The Balaban J connectivity index is 1.77. The van der Waals surface area contributed by atoms with Crippen LogP contribution in [0.1, 0.15) is 25.7 Å². The molecular formula is C10H20N2O. The highest BCUT2D eigenvalue weighted by atomic mass is 16.7. The van der Waals surface area contributed by atoms with Gasteiger partial charge in [-0.3, -0.25) is 0 Å². The van der Waals surface area contributed by atoms with Crippen molar-refractivity contribution in [3.05, 3.63) is 0 Å². The second kappa shape index (κ2) is 4.40. The molecule has 0 atom stereocenters. The topological polar surface area (TPSA) is 15.7 Å². The largest absolute Gasteiger partial charge is 0.302 e. The number of hydroxylamine groups is 2. The number of nitrogens with zero attached hydrogens (tertiary/aromatic N) is 2. The molecule has 3 heteroatoms. The van der Waals surface area contributed by atoms with E-state index in [1.54, 1.807) is 7.11 Å². The van der Waals surface area contributed by atoms with E-state index in [0.717, 1.165) is 19.1 Å². The van der Waals surface area contributed by atoms with E-state index in [4.69, 9.17) is 4.84 Å². The van der Waals surface area contributed by atoms with Crippen LogP contribution in [-0.4, -0.2) is 49.3 Å². The first kappa shape index (κ1) is 9.44. The summed E-state index contributed by atoms with van der Waals surface area (Å²) >= 11 is 0. The Morgan fingerprint density at radius 3 is 2.15 bits per heavy atom. The van der Waals surface area contributed by atoms with Gasteiger partial charge in [0.15, 0.2) is 0 Å². The molecule has 13 heavy (non-hydrogen) atoms. The first-order chi connectivity index (χ1) is 6.40. The lowest BCUT2D eigenvalue weighted by Crippen LogP contribution is -2.43. The third-order valence-electron chi connectivity index (χ3n) is 3.34. The average Bonchev–Trinajstić information content (AvgIpc) is 2.71. The first-order valence-electron chi connectivity index (χ1n) is 5.43. The molecule has 0 aliphatic carbocycles. The number of hydrogen-bond acceptors (Lipinski definition) is 3. The summed E-state index contributed by atoms with van der Waals surface area (Å²) in [5.41, 5.74) is 0. The van der Waals surface area contributed by atoms with E-state index in [1.807, 2.05) is 0 Å². The third-order valence-corrected chi connectivity index (χ3v) is 3.34. The Morgan fingerprint density at radius 1 is 1.00 bits per heavy atom. The molecular weight excluding hydrogens is 164 g/mol. The van der Waals surface area contributed by atoms with Crippen molar-refractivity contribution >= 4 is 0 Å². The van der Waals surface area contributed by atoms with E-state index in [0.29, 0.717) is 0 Å². The number of hydrogen-bond donors (Lipinski definition) is 0. The Morgan fingerprint density at radius 2 is 1.62 bits per heavy atom. The molecule has 0 radical (unpaired) electrons. The average molecular weight is 184 g/mol. The smallest absolute Gasteiger partial charge is 0.0575 e. The molecule has 0 bridgehead atoms. The van der Waals surface area contributed by atoms with Gasteiger partial charge in [0.05, 0.1) is 7.11 Å². The molecule has 2 heterocycles. The van der Waals surface area contributed by atoms with Crippen molar-refractivity contribution in [3.8, 4) is 0 Å². The molecule has 0 saturated carbocycles. The highest BCUT2D eigenvalue weighted by Crippen LogP contribution is 2.20. The summed E-state index contributed by atoms with van der Waals surface area (Å²) in [7, 11) is 1.77. The van der Waals surface area contributed by atoms with Crippen LogP contribution in [0.15, 0.2) is 0 Å². The van der Waals surface area contributed by atoms with E-state index in [2.05, 4.69) is 9.96 Å². The van der Waals surface area contributed by atoms with Gasteiger partial charge in [-0.25, -0.2) is 0 Å². The fraction of sp³-hybridized carbons (Fsp3) is 1.00. The highest BCUT2D eigenvalue weighted by Gasteiger charge is 2.26. The lowest BCUT2D eigenvalue weighted by molar-refractivity contribution is -0.149. The Hall–Kier alpha value is -0.120. The van der Waals surface area contributed by atoms with Crippen LogP contribution in [0.2, 0.25) is 0 Å². The molecule has 0 N–H and O–H groups in total. The van der Waals surface area contributed by atoms with E-state index in [9.17, 15) is 0 Å². The van der Waals surface area contributed by atoms with Gasteiger partial charge < -0.3 is 9.74 Å².